The molecule has 0 saturated heterocycles. The van der Waals surface area contributed by atoms with E-state index in [1.54, 1.807) is 0 Å². The van der Waals surface area contributed by atoms with Gasteiger partial charge >= 0.3 is 0 Å². The molecule has 3 aromatic carbocycles. The molecule has 12 heteroatoms. The van der Waals surface area contributed by atoms with E-state index in [-0.39, 0.29) is 5.89 Å². The SMILES string of the molecule is COc1c(F)c(F)c(C(=O)NC(=S)Nc2ccc(Cl)c(-c3nc4cc(C(C)C)ccc4o3)c2)c(F)c1F. The fourth-order valence-electron chi connectivity index (χ4n) is 3.50. The standard InChI is InChI=1S/C25H18ClF4N3O3S/c1-10(2)11-4-7-16-15(8-11)32-24(36-16)13-9-12(5-6-14(13)26)31-25(37)33-23(34)17-18(27)20(29)22(35-3)21(30)19(17)28/h4-10H,1-3H3,(H2,31,33,34,37). The number of thiocarbonyl (C=S) groups is 1. The van der Waals surface area contributed by atoms with Crippen LogP contribution in [0.1, 0.15) is 35.7 Å². The van der Waals surface area contributed by atoms with E-state index in [1.165, 1.54) is 18.2 Å². The molecule has 0 unspecified atom stereocenters. The van der Waals surface area contributed by atoms with Crippen LogP contribution in [0, 0.1) is 23.3 Å². The number of methoxy groups -OCH3 is 1. The molecule has 0 saturated carbocycles. The molecule has 0 radical (unpaired) electrons. The number of ether oxygens (including phenoxy) is 1. The summed E-state index contributed by atoms with van der Waals surface area (Å²) in [7, 11) is 0.823. The van der Waals surface area contributed by atoms with Gasteiger partial charge in [0, 0.05) is 5.69 Å². The van der Waals surface area contributed by atoms with Crippen molar-refractivity contribution in [2.75, 3.05) is 12.4 Å². The highest BCUT2D eigenvalue weighted by Crippen LogP contribution is 2.33. The zero-order chi connectivity index (χ0) is 27.0. The first kappa shape index (κ1) is 26.4. The van der Waals surface area contributed by atoms with Gasteiger partial charge in [-0.25, -0.2) is 13.8 Å². The summed E-state index contributed by atoms with van der Waals surface area (Å²) >= 11 is 11.4. The Morgan fingerprint density at radius 2 is 1.73 bits per heavy atom. The number of anilines is 1. The predicted molar refractivity (Wildman–Crippen MR) is 135 cm³/mol. The van der Waals surface area contributed by atoms with E-state index >= 15 is 0 Å². The number of benzene rings is 3. The number of nitrogens with one attached hydrogen (secondary N) is 2. The van der Waals surface area contributed by atoms with Crippen molar-refractivity contribution in [1.82, 2.24) is 10.3 Å². The van der Waals surface area contributed by atoms with E-state index in [2.05, 4.69) is 28.9 Å². The fourth-order valence-corrected chi connectivity index (χ4v) is 3.91. The number of oxazole rings is 1. The number of aromatic nitrogens is 1. The summed E-state index contributed by atoms with van der Waals surface area (Å²) in [6.07, 6.45) is 0. The third-order valence-electron chi connectivity index (χ3n) is 5.41. The van der Waals surface area contributed by atoms with Crippen LogP contribution in [0.3, 0.4) is 0 Å². The normalized spacial score (nSPS) is 11.2. The third kappa shape index (κ3) is 5.09. The summed E-state index contributed by atoms with van der Waals surface area (Å²) in [5.74, 6) is -9.85. The van der Waals surface area contributed by atoms with Gasteiger partial charge in [0.2, 0.25) is 17.5 Å². The summed E-state index contributed by atoms with van der Waals surface area (Å²) in [6, 6.07) is 10.2. The molecule has 1 heterocycles. The van der Waals surface area contributed by atoms with Crippen LogP contribution in [0.5, 0.6) is 5.75 Å². The van der Waals surface area contributed by atoms with Crippen molar-refractivity contribution >= 4 is 51.6 Å². The van der Waals surface area contributed by atoms with Crippen LogP contribution in [-0.4, -0.2) is 23.1 Å². The van der Waals surface area contributed by atoms with Gasteiger partial charge in [-0.3, -0.25) is 10.1 Å². The van der Waals surface area contributed by atoms with Crippen LogP contribution in [0.15, 0.2) is 40.8 Å². The highest BCUT2D eigenvalue weighted by molar-refractivity contribution is 7.80. The van der Waals surface area contributed by atoms with Gasteiger partial charge in [0.25, 0.3) is 5.91 Å². The zero-order valence-electron chi connectivity index (χ0n) is 19.5. The molecule has 1 amide bonds. The van der Waals surface area contributed by atoms with Gasteiger partial charge in [0.1, 0.15) is 11.1 Å². The Kier molecular flexibility index (Phi) is 7.37. The Labute approximate surface area is 218 Å². The summed E-state index contributed by atoms with van der Waals surface area (Å²) in [6.45, 7) is 4.11. The molecule has 1 aromatic heterocycles. The van der Waals surface area contributed by atoms with Gasteiger partial charge < -0.3 is 14.5 Å². The Morgan fingerprint density at radius 3 is 2.35 bits per heavy atom. The molecule has 0 aliphatic carbocycles. The first-order valence-corrected chi connectivity index (χ1v) is 11.5. The highest BCUT2D eigenvalue weighted by atomic mass is 35.5. The van der Waals surface area contributed by atoms with Crippen LogP contribution in [0.4, 0.5) is 23.2 Å². The molecular formula is C25H18ClF4N3O3S. The average molecular weight is 552 g/mol. The minimum absolute atomic E-state index is 0.229. The Balaban J connectivity index is 1.57. The van der Waals surface area contributed by atoms with Crippen LogP contribution >= 0.6 is 23.8 Å². The van der Waals surface area contributed by atoms with E-state index in [0.29, 0.717) is 33.3 Å². The number of halogens is 5. The third-order valence-corrected chi connectivity index (χ3v) is 5.95. The minimum Gasteiger partial charge on any atom is -0.491 e. The van der Waals surface area contributed by atoms with E-state index in [1.807, 2.05) is 23.5 Å². The molecule has 37 heavy (non-hydrogen) atoms. The van der Waals surface area contributed by atoms with Crippen molar-refractivity contribution in [3.8, 4) is 17.2 Å². The van der Waals surface area contributed by atoms with Crippen molar-refractivity contribution in [2.24, 2.45) is 0 Å². The lowest BCUT2D eigenvalue weighted by atomic mass is 10.0. The summed E-state index contributed by atoms with van der Waals surface area (Å²) in [5.41, 5.74) is 1.49. The second kappa shape index (κ2) is 10.3. The van der Waals surface area contributed by atoms with Gasteiger partial charge in [0.15, 0.2) is 28.1 Å². The predicted octanol–water partition coefficient (Wildman–Crippen LogP) is 6.96. The average Bonchev–Trinajstić information content (AvgIpc) is 3.27. The van der Waals surface area contributed by atoms with Crippen LogP contribution < -0.4 is 15.4 Å². The number of nitrogens with zero attached hydrogens (tertiary/aromatic N) is 1. The lowest BCUT2D eigenvalue weighted by molar-refractivity contribution is 0.0966. The maximum absolute atomic E-state index is 14.2. The van der Waals surface area contributed by atoms with Crippen LogP contribution in [0.2, 0.25) is 5.02 Å². The quantitative estimate of drug-likeness (QED) is 0.159. The topological polar surface area (TPSA) is 76.4 Å². The maximum atomic E-state index is 14.2. The molecule has 0 aliphatic rings. The molecule has 0 atom stereocenters. The number of hydrogen-bond acceptors (Lipinski definition) is 5. The number of rotatable bonds is 5. The second-order valence-electron chi connectivity index (χ2n) is 8.17. The molecule has 0 aliphatic heterocycles. The lowest BCUT2D eigenvalue weighted by Gasteiger charge is -2.13. The van der Waals surface area contributed by atoms with E-state index in [4.69, 9.17) is 28.2 Å². The summed E-state index contributed by atoms with van der Waals surface area (Å²) < 4.78 is 66.5. The van der Waals surface area contributed by atoms with E-state index in [0.717, 1.165) is 12.7 Å². The lowest BCUT2D eigenvalue weighted by Crippen LogP contribution is -2.35. The van der Waals surface area contributed by atoms with Crippen LogP contribution in [-0.2, 0) is 0 Å². The van der Waals surface area contributed by atoms with Gasteiger partial charge in [-0.05, 0) is 54.0 Å². The van der Waals surface area contributed by atoms with Gasteiger partial charge in [0.05, 0.1) is 17.7 Å². The first-order valence-electron chi connectivity index (χ1n) is 10.7. The number of carbonyl (C=O) groups excluding carboxylic acids is 1. The van der Waals surface area contributed by atoms with E-state index in [9.17, 15) is 22.4 Å². The highest BCUT2D eigenvalue weighted by Gasteiger charge is 2.30. The Hall–Kier alpha value is -3.70. The molecule has 0 spiro atoms. The molecule has 4 rings (SSSR count). The molecule has 2 N–H and O–H groups in total. The van der Waals surface area contributed by atoms with Crippen molar-refractivity contribution in [2.45, 2.75) is 19.8 Å². The maximum Gasteiger partial charge on any atom is 0.263 e. The van der Waals surface area contributed by atoms with Crippen molar-refractivity contribution in [3.05, 3.63) is 75.8 Å². The number of amides is 1. The number of hydrogen-bond donors (Lipinski definition) is 2. The zero-order valence-corrected chi connectivity index (χ0v) is 21.1. The largest absolute Gasteiger partial charge is 0.491 e. The van der Waals surface area contributed by atoms with Gasteiger partial charge in [-0.2, -0.15) is 8.78 Å². The van der Waals surface area contributed by atoms with Crippen molar-refractivity contribution < 1.29 is 31.5 Å². The molecule has 6 nitrogen and oxygen atoms in total. The molecule has 0 bridgehead atoms. The monoisotopic (exact) mass is 551 g/mol. The summed E-state index contributed by atoms with van der Waals surface area (Å²) in [5, 5.41) is 4.53. The van der Waals surface area contributed by atoms with Crippen molar-refractivity contribution in [1.29, 1.82) is 0 Å². The second-order valence-corrected chi connectivity index (χ2v) is 8.98. The Bertz CT molecular complexity index is 1530. The first-order chi connectivity index (χ1) is 17.5. The molecule has 192 valence electrons. The molecule has 0 fully saturated rings. The smallest absolute Gasteiger partial charge is 0.263 e. The van der Waals surface area contributed by atoms with E-state index < -0.39 is 45.6 Å². The number of fused-ring (bicyclic) bond motifs is 1. The van der Waals surface area contributed by atoms with Gasteiger partial charge in [-0.15, -0.1) is 0 Å². The molecular weight excluding hydrogens is 534 g/mol. The van der Waals surface area contributed by atoms with Gasteiger partial charge in [-0.1, -0.05) is 31.5 Å². The number of carbonyl (C=O) groups is 1. The summed E-state index contributed by atoms with van der Waals surface area (Å²) in [4.78, 5) is 16.9. The molecule has 4 aromatic rings. The fraction of sp³-hybridized carbons (Fsp3) is 0.160. The van der Waals surface area contributed by atoms with Crippen LogP contribution in [0.25, 0.3) is 22.6 Å². The van der Waals surface area contributed by atoms with Crippen molar-refractivity contribution in [3.63, 3.8) is 0 Å². The Morgan fingerprint density at radius 1 is 1.05 bits per heavy atom. The minimum atomic E-state index is -1.93.